The third kappa shape index (κ3) is 3.00. The molecule has 2 amide bonds. The molecule has 0 radical (unpaired) electrons. The van der Waals surface area contributed by atoms with E-state index in [0.29, 0.717) is 13.1 Å². The van der Waals surface area contributed by atoms with Crippen molar-refractivity contribution in [3.8, 4) is 0 Å². The Balaban J connectivity index is 2.16. The molecule has 1 aliphatic heterocycles. The first-order valence-corrected chi connectivity index (χ1v) is 7.28. The number of benzene rings is 1. The second kappa shape index (κ2) is 6.35. The molecular formula is C14H16BrFN2O2. The number of likely N-dealkylation sites (tertiary alicyclic amines) is 1. The zero-order valence-corrected chi connectivity index (χ0v) is 12.7. The minimum absolute atomic E-state index is 0.0388. The number of hydrogen-bond acceptors (Lipinski definition) is 2. The maximum atomic E-state index is 14.0. The van der Waals surface area contributed by atoms with Gasteiger partial charge in [0.1, 0.15) is 5.82 Å². The number of nitrogens with one attached hydrogen (secondary N) is 1. The van der Waals surface area contributed by atoms with Gasteiger partial charge in [-0.2, -0.15) is 0 Å². The standard InChI is InChI=1S/C14H16BrFN2O2/c1-17-13(19)9-4-3-7-18(8-9)14(20)10-5-2-6-11(15)12(10)16/h2,5-6,9H,3-4,7-8H2,1H3,(H,17,19). The minimum Gasteiger partial charge on any atom is -0.359 e. The maximum Gasteiger partial charge on any atom is 0.256 e. The van der Waals surface area contributed by atoms with Crippen molar-refractivity contribution < 1.29 is 14.0 Å². The fraction of sp³-hybridized carbons (Fsp3) is 0.429. The van der Waals surface area contributed by atoms with E-state index in [0.717, 1.165) is 12.8 Å². The molecule has 0 aliphatic carbocycles. The first kappa shape index (κ1) is 15.0. The summed E-state index contributed by atoms with van der Waals surface area (Å²) in [5, 5.41) is 2.60. The molecule has 1 fully saturated rings. The van der Waals surface area contributed by atoms with Gasteiger partial charge in [-0.25, -0.2) is 4.39 Å². The van der Waals surface area contributed by atoms with E-state index in [9.17, 15) is 14.0 Å². The van der Waals surface area contributed by atoms with E-state index in [2.05, 4.69) is 21.2 Å². The predicted molar refractivity (Wildman–Crippen MR) is 76.8 cm³/mol. The molecule has 2 rings (SSSR count). The first-order chi connectivity index (χ1) is 9.54. The molecule has 0 aromatic heterocycles. The molecule has 1 N–H and O–H groups in total. The normalized spacial score (nSPS) is 18.8. The van der Waals surface area contributed by atoms with Crippen LogP contribution in [-0.2, 0) is 4.79 Å². The zero-order chi connectivity index (χ0) is 14.7. The van der Waals surface area contributed by atoms with E-state index in [1.54, 1.807) is 24.1 Å². The summed E-state index contributed by atoms with van der Waals surface area (Å²) in [6.07, 6.45) is 1.50. The second-order valence-corrected chi connectivity index (χ2v) is 5.66. The van der Waals surface area contributed by atoms with Crippen LogP contribution >= 0.6 is 15.9 Å². The quantitative estimate of drug-likeness (QED) is 0.895. The van der Waals surface area contributed by atoms with Gasteiger partial charge in [0.05, 0.1) is 16.0 Å². The molecule has 4 nitrogen and oxygen atoms in total. The van der Waals surface area contributed by atoms with Gasteiger partial charge in [0, 0.05) is 20.1 Å². The Kier molecular flexibility index (Phi) is 4.75. The topological polar surface area (TPSA) is 49.4 Å². The summed E-state index contributed by atoms with van der Waals surface area (Å²) in [5.41, 5.74) is 0.0388. The van der Waals surface area contributed by atoms with Crippen molar-refractivity contribution in [3.63, 3.8) is 0 Å². The van der Waals surface area contributed by atoms with E-state index in [-0.39, 0.29) is 27.8 Å². The van der Waals surface area contributed by atoms with Crippen molar-refractivity contribution in [2.24, 2.45) is 5.92 Å². The van der Waals surface area contributed by atoms with Crippen LogP contribution in [0.2, 0.25) is 0 Å². The van der Waals surface area contributed by atoms with Crippen molar-refractivity contribution in [2.75, 3.05) is 20.1 Å². The Bertz CT molecular complexity index is 536. The molecule has 20 heavy (non-hydrogen) atoms. The molecule has 0 spiro atoms. The lowest BCUT2D eigenvalue weighted by molar-refractivity contribution is -0.125. The van der Waals surface area contributed by atoms with Crippen LogP contribution in [-0.4, -0.2) is 36.9 Å². The third-order valence-corrected chi connectivity index (χ3v) is 4.12. The SMILES string of the molecule is CNC(=O)C1CCCN(C(=O)c2cccc(Br)c2F)C1. The van der Waals surface area contributed by atoms with Crippen LogP contribution < -0.4 is 5.32 Å². The molecule has 1 saturated heterocycles. The van der Waals surface area contributed by atoms with Gasteiger partial charge in [0.25, 0.3) is 5.91 Å². The molecule has 1 aromatic rings. The van der Waals surface area contributed by atoms with Crippen molar-refractivity contribution in [3.05, 3.63) is 34.1 Å². The van der Waals surface area contributed by atoms with Crippen molar-refractivity contribution >= 4 is 27.7 Å². The van der Waals surface area contributed by atoms with Gasteiger partial charge in [-0.05, 0) is 40.9 Å². The average molecular weight is 343 g/mol. The summed E-state index contributed by atoms with van der Waals surface area (Å²) >= 11 is 3.07. The van der Waals surface area contributed by atoms with Gasteiger partial charge in [0.15, 0.2) is 0 Å². The molecule has 0 bridgehead atoms. The van der Waals surface area contributed by atoms with Gasteiger partial charge in [-0.1, -0.05) is 6.07 Å². The highest BCUT2D eigenvalue weighted by molar-refractivity contribution is 9.10. The Morgan fingerprint density at radius 3 is 2.90 bits per heavy atom. The molecule has 6 heteroatoms. The Morgan fingerprint density at radius 2 is 2.20 bits per heavy atom. The van der Waals surface area contributed by atoms with Crippen molar-refractivity contribution in [1.82, 2.24) is 10.2 Å². The Hall–Kier alpha value is -1.43. The summed E-state index contributed by atoms with van der Waals surface area (Å²) in [7, 11) is 1.58. The number of amides is 2. The van der Waals surface area contributed by atoms with E-state index in [1.807, 2.05) is 0 Å². The Labute approximate surface area is 125 Å². The molecule has 108 valence electrons. The lowest BCUT2D eigenvalue weighted by atomic mass is 9.96. The number of rotatable bonds is 2. The fourth-order valence-electron chi connectivity index (χ4n) is 2.42. The second-order valence-electron chi connectivity index (χ2n) is 4.81. The minimum atomic E-state index is -0.556. The number of piperidine rings is 1. The van der Waals surface area contributed by atoms with Crippen molar-refractivity contribution in [2.45, 2.75) is 12.8 Å². The highest BCUT2D eigenvalue weighted by Crippen LogP contribution is 2.23. The summed E-state index contributed by atoms with van der Waals surface area (Å²) in [6.45, 7) is 0.892. The zero-order valence-electron chi connectivity index (χ0n) is 11.2. The molecule has 1 heterocycles. The molecule has 1 atom stereocenters. The number of carbonyl (C=O) groups excluding carboxylic acids is 2. The largest absolute Gasteiger partial charge is 0.359 e. The highest BCUT2D eigenvalue weighted by atomic mass is 79.9. The number of hydrogen-bond donors (Lipinski definition) is 1. The summed E-state index contributed by atoms with van der Waals surface area (Å²) < 4.78 is 14.2. The van der Waals surface area contributed by atoms with Crippen molar-refractivity contribution in [1.29, 1.82) is 0 Å². The smallest absolute Gasteiger partial charge is 0.256 e. The average Bonchev–Trinajstić information content (AvgIpc) is 2.48. The number of nitrogens with zero attached hydrogens (tertiary/aromatic N) is 1. The third-order valence-electron chi connectivity index (χ3n) is 3.51. The summed E-state index contributed by atoms with van der Waals surface area (Å²) in [5.74, 6) is -1.21. The van der Waals surface area contributed by atoms with Gasteiger partial charge < -0.3 is 10.2 Å². The van der Waals surface area contributed by atoms with Gasteiger partial charge in [0.2, 0.25) is 5.91 Å². The van der Waals surface area contributed by atoms with Gasteiger partial charge >= 0.3 is 0 Å². The molecule has 1 aromatic carbocycles. The Morgan fingerprint density at radius 1 is 1.45 bits per heavy atom. The predicted octanol–water partition coefficient (Wildman–Crippen LogP) is 2.19. The highest BCUT2D eigenvalue weighted by Gasteiger charge is 2.29. The molecule has 1 unspecified atom stereocenters. The molecule has 0 saturated carbocycles. The summed E-state index contributed by atoms with van der Waals surface area (Å²) in [6, 6.07) is 4.64. The van der Waals surface area contributed by atoms with E-state index >= 15 is 0 Å². The van der Waals surface area contributed by atoms with E-state index in [4.69, 9.17) is 0 Å². The molecule has 1 aliphatic rings. The van der Waals surface area contributed by atoms with Gasteiger partial charge in [-0.15, -0.1) is 0 Å². The summed E-state index contributed by atoms with van der Waals surface area (Å²) in [4.78, 5) is 25.6. The van der Waals surface area contributed by atoms with Gasteiger partial charge in [-0.3, -0.25) is 9.59 Å². The van der Waals surface area contributed by atoms with E-state index in [1.165, 1.54) is 6.07 Å². The number of carbonyl (C=O) groups is 2. The van der Waals surface area contributed by atoms with Crippen LogP contribution in [0.4, 0.5) is 4.39 Å². The van der Waals surface area contributed by atoms with Crippen LogP contribution in [0.15, 0.2) is 22.7 Å². The molecular weight excluding hydrogens is 327 g/mol. The fourth-order valence-corrected chi connectivity index (χ4v) is 2.79. The van der Waals surface area contributed by atoms with E-state index < -0.39 is 5.82 Å². The lowest BCUT2D eigenvalue weighted by Gasteiger charge is -2.32. The maximum absolute atomic E-state index is 14.0. The van der Waals surface area contributed by atoms with Crippen LogP contribution in [0.3, 0.4) is 0 Å². The van der Waals surface area contributed by atoms with Crippen LogP contribution in [0.1, 0.15) is 23.2 Å². The first-order valence-electron chi connectivity index (χ1n) is 6.49. The van der Waals surface area contributed by atoms with Crippen LogP contribution in [0.5, 0.6) is 0 Å². The van der Waals surface area contributed by atoms with Crippen LogP contribution in [0.25, 0.3) is 0 Å². The van der Waals surface area contributed by atoms with Crippen LogP contribution in [0, 0.1) is 11.7 Å². The number of halogens is 2. The lowest BCUT2D eigenvalue weighted by Crippen LogP contribution is -2.45. The monoisotopic (exact) mass is 342 g/mol.